The van der Waals surface area contributed by atoms with Crippen LogP contribution in [0.4, 0.5) is 8.78 Å². The summed E-state index contributed by atoms with van der Waals surface area (Å²) in [5.41, 5.74) is 8.78. The number of rotatable bonds is 7. The minimum Gasteiger partial charge on any atom is -0.391 e. The highest BCUT2D eigenvalue weighted by Crippen LogP contribution is 2.39. The van der Waals surface area contributed by atoms with Crippen molar-refractivity contribution in [1.29, 1.82) is 0 Å². The van der Waals surface area contributed by atoms with Crippen LogP contribution in [0, 0.1) is 43.2 Å². The van der Waals surface area contributed by atoms with Crippen molar-refractivity contribution in [2.75, 3.05) is 0 Å². The molecule has 5 unspecified atom stereocenters. The van der Waals surface area contributed by atoms with Crippen LogP contribution in [0.5, 0.6) is 0 Å². The van der Waals surface area contributed by atoms with Crippen molar-refractivity contribution in [3.8, 4) is 22.4 Å². The summed E-state index contributed by atoms with van der Waals surface area (Å²) in [6.07, 6.45) is 5.73. The molecule has 1 aliphatic heterocycles. The van der Waals surface area contributed by atoms with Crippen LogP contribution in [0.2, 0.25) is 6.82 Å². The molecular weight excluding hydrogens is 539 g/mol. The van der Waals surface area contributed by atoms with Gasteiger partial charge in [-0.25, -0.2) is 13.8 Å². The highest BCUT2D eigenvalue weighted by Gasteiger charge is 2.39. The zero-order valence-electron chi connectivity index (χ0n) is 24.2. The van der Waals surface area contributed by atoms with Gasteiger partial charge < -0.3 is 20.7 Å². The number of carbonyl (C=O) groups is 1. The normalized spacial score (nSPS) is 23.9. The smallest absolute Gasteiger partial charge is 0.274 e. The number of hydrogen-bond acceptors (Lipinski definition) is 7. The van der Waals surface area contributed by atoms with Gasteiger partial charge in [-0.3, -0.25) is 9.79 Å². The molecule has 1 fully saturated rings. The second kappa shape index (κ2) is 12.3. The molecule has 1 radical (unpaired) electrons. The summed E-state index contributed by atoms with van der Waals surface area (Å²) >= 11 is 0. The Morgan fingerprint density at radius 2 is 1.98 bits per heavy atom. The van der Waals surface area contributed by atoms with Crippen molar-refractivity contribution in [1.82, 2.24) is 15.5 Å². The fourth-order valence-corrected chi connectivity index (χ4v) is 6.39. The number of pyridine rings is 1. The molecule has 8 nitrogen and oxygen atoms in total. The lowest BCUT2D eigenvalue weighted by Gasteiger charge is -2.41. The number of nitrogens with zero attached hydrogens (tertiary/aromatic N) is 3. The number of amides is 1. The second-order valence-electron chi connectivity index (χ2n) is 11.2. The molecule has 42 heavy (non-hydrogen) atoms. The van der Waals surface area contributed by atoms with Gasteiger partial charge in [0.1, 0.15) is 36.1 Å². The average Bonchev–Trinajstić information content (AvgIpc) is 3.32. The van der Waals surface area contributed by atoms with Crippen LogP contribution in [-0.2, 0) is 0 Å². The first-order chi connectivity index (χ1) is 20.1. The van der Waals surface area contributed by atoms with E-state index in [1.807, 2.05) is 13.1 Å². The van der Waals surface area contributed by atoms with Gasteiger partial charge in [-0.05, 0) is 68.7 Å². The molecule has 5 rings (SSSR count). The van der Waals surface area contributed by atoms with E-state index in [2.05, 4.69) is 20.4 Å². The lowest BCUT2D eigenvalue weighted by Crippen LogP contribution is -2.48. The Hall–Kier alpha value is -3.70. The lowest BCUT2D eigenvalue weighted by atomic mass is 9.69. The summed E-state index contributed by atoms with van der Waals surface area (Å²) in [6, 6.07) is 5.09. The molecule has 219 valence electrons. The van der Waals surface area contributed by atoms with Crippen LogP contribution in [0.1, 0.15) is 54.5 Å². The summed E-state index contributed by atoms with van der Waals surface area (Å²) in [7, 11) is 1.67. The molecule has 1 saturated carbocycles. The molecule has 0 bridgehead atoms. The highest BCUT2D eigenvalue weighted by atomic mass is 19.1. The van der Waals surface area contributed by atoms with E-state index in [0.29, 0.717) is 46.6 Å². The minimum absolute atomic E-state index is 0.0418. The number of carbonyl (C=O) groups excluding carboxylic acids is 1. The van der Waals surface area contributed by atoms with Crippen molar-refractivity contribution < 1.29 is 23.2 Å². The van der Waals surface area contributed by atoms with Gasteiger partial charge in [0.2, 0.25) is 0 Å². The molecule has 11 heteroatoms. The van der Waals surface area contributed by atoms with E-state index in [9.17, 15) is 9.90 Å². The number of hydrogen-bond donors (Lipinski definition) is 3. The fraction of sp³-hybridized carbons (Fsp3) is 0.419. The van der Waals surface area contributed by atoms with E-state index in [0.717, 1.165) is 18.9 Å². The van der Waals surface area contributed by atoms with Gasteiger partial charge in [0.15, 0.2) is 0 Å². The molecule has 1 amide bonds. The fourth-order valence-electron chi connectivity index (χ4n) is 6.39. The Kier molecular flexibility index (Phi) is 8.70. The topological polar surface area (TPSA) is 127 Å². The molecule has 0 saturated heterocycles. The largest absolute Gasteiger partial charge is 0.391 e. The SMILES string of the molecule is C[B]c1cc(-c2c(C)noc2C)cc(F)c1-c1nc(C(=O)NC2=CN=CCC2C2CC(N)C(O)C(CC)C2)ccc1F. The number of allylic oxidation sites excluding steroid dienone is 1. The van der Waals surface area contributed by atoms with Crippen molar-refractivity contribution in [2.45, 2.75) is 65.4 Å². The Bertz CT molecular complexity index is 1540. The quantitative estimate of drug-likeness (QED) is 0.358. The van der Waals surface area contributed by atoms with Crippen LogP contribution < -0.4 is 16.5 Å². The van der Waals surface area contributed by atoms with Crippen molar-refractivity contribution in [2.24, 2.45) is 28.5 Å². The zero-order valence-corrected chi connectivity index (χ0v) is 24.2. The number of halogens is 2. The molecule has 1 aromatic carbocycles. The maximum absolute atomic E-state index is 15.7. The first-order valence-corrected chi connectivity index (χ1v) is 14.3. The molecule has 2 aromatic heterocycles. The summed E-state index contributed by atoms with van der Waals surface area (Å²) < 4.78 is 36.1. The van der Waals surface area contributed by atoms with Gasteiger partial charge in [-0.1, -0.05) is 36.9 Å². The number of aryl methyl sites for hydroxylation is 2. The van der Waals surface area contributed by atoms with Gasteiger partial charge in [0.05, 0.1) is 11.8 Å². The molecule has 4 N–H and O–H groups in total. The Morgan fingerprint density at radius 3 is 2.67 bits per heavy atom. The molecular formula is C31H35BF2N5O3. The third-order valence-corrected chi connectivity index (χ3v) is 8.60. The van der Waals surface area contributed by atoms with Crippen LogP contribution in [0.25, 0.3) is 22.4 Å². The Labute approximate surface area is 244 Å². The first-order valence-electron chi connectivity index (χ1n) is 14.3. The maximum atomic E-state index is 15.7. The minimum atomic E-state index is -0.752. The number of benzene rings is 1. The third kappa shape index (κ3) is 5.67. The van der Waals surface area contributed by atoms with Gasteiger partial charge in [0.25, 0.3) is 5.91 Å². The first kappa shape index (κ1) is 29.8. The molecule has 2 aliphatic rings. The number of nitrogens with one attached hydrogen (secondary N) is 1. The Balaban J connectivity index is 1.43. The molecule has 3 aromatic rings. The Morgan fingerprint density at radius 1 is 1.19 bits per heavy atom. The van der Waals surface area contributed by atoms with E-state index in [1.54, 1.807) is 40.2 Å². The van der Waals surface area contributed by atoms with E-state index in [-0.39, 0.29) is 40.7 Å². The zero-order chi connectivity index (χ0) is 30.1. The predicted octanol–water partition coefficient (Wildman–Crippen LogP) is 4.46. The molecule has 5 atom stereocenters. The van der Waals surface area contributed by atoms with Crippen LogP contribution in [-0.4, -0.2) is 46.8 Å². The predicted molar refractivity (Wildman–Crippen MR) is 158 cm³/mol. The van der Waals surface area contributed by atoms with Crippen LogP contribution in [0.3, 0.4) is 0 Å². The van der Waals surface area contributed by atoms with Gasteiger partial charge in [-0.15, -0.1) is 0 Å². The van der Waals surface area contributed by atoms with Gasteiger partial charge in [-0.2, -0.15) is 0 Å². The second-order valence-corrected chi connectivity index (χ2v) is 11.2. The van der Waals surface area contributed by atoms with Crippen molar-refractivity contribution in [3.05, 3.63) is 64.9 Å². The number of aliphatic hydroxyl groups is 1. The van der Waals surface area contributed by atoms with Gasteiger partial charge in [0, 0.05) is 41.2 Å². The molecule has 3 heterocycles. The summed E-state index contributed by atoms with van der Waals surface area (Å²) in [5, 5.41) is 17.4. The van der Waals surface area contributed by atoms with Crippen molar-refractivity contribution >= 4 is 24.9 Å². The van der Waals surface area contributed by atoms with Crippen molar-refractivity contribution in [3.63, 3.8) is 0 Å². The molecule has 1 aliphatic carbocycles. The van der Waals surface area contributed by atoms with E-state index < -0.39 is 23.6 Å². The summed E-state index contributed by atoms with van der Waals surface area (Å²) in [6.45, 7) is 7.27. The van der Waals surface area contributed by atoms with Crippen LogP contribution in [0.15, 0.2) is 45.7 Å². The standard InChI is InChI=1S/C31H35BF2N5O3/c1-5-17-10-18(13-24(35)30(17)40)20-8-9-36-14-26(20)38-31(41)25-7-6-22(33)29(37-25)28-21(32-4)11-19(12-23(28)34)27-15(2)39-42-16(27)3/h6-7,9,11-12,14,17-18,20,24,30,40H,5,8,10,13,35H2,1-4H3,(H,38,41). The lowest BCUT2D eigenvalue weighted by molar-refractivity contribution is 0.0181. The van der Waals surface area contributed by atoms with E-state index in [4.69, 9.17) is 10.3 Å². The number of aliphatic hydroxyl groups excluding tert-OH is 1. The number of aliphatic imine (C=N–C) groups is 1. The average molecular weight is 574 g/mol. The monoisotopic (exact) mass is 574 g/mol. The highest BCUT2D eigenvalue weighted by molar-refractivity contribution is 6.54. The number of nitrogens with two attached hydrogens (primary N) is 1. The van der Waals surface area contributed by atoms with E-state index in [1.165, 1.54) is 12.1 Å². The third-order valence-electron chi connectivity index (χ3n) is 8.60. The van der Waals surface area contributed by atoms with Crippen LogP contribution >= 0.6 is 0 Å². The van der Waals surface area contributed by atoms with Gasteiger partial charge >= 0.3 is 0 Å². The maximum Gasteiger partial charge on any atom is 0.274 e. The summed E-state index contributed by atoms with van der Waals surface area (Å²) in [4.78, 5) is 22.0. The molecule has 0 spiro atoms. The van der Waals surface area contributed by atoms with E-state index >= 15 is 8.78 Å². The summed E-state index contributed by atoms with van der Waals surface area (Å²) in [5.74, 6) is -1.26. The number of aromatic nitrogens is 2.